The molecule has 0 aromatic rings. The smallest absolute Gasteiger partial charge is 0.0277 e. The maximum atomic E-state index is 3.88. The van der Waals surface area contributed by atoms with Gasteiger partial charge in [0.25, 0.3) is 0 Å². The molecule has 1 aliphatic rings. The molecule has 0 unspecified atom stereocenters. The zero-order valence-electron chi connectivity index (χ0n) is 6.59. The summed E-state index contributed by atoms with van der Waals surface area (Å²) in [6.45, 7) is 0. The summed E-state index contributed by atoms with van der Waals surface area (Å²) in [4.78, 5) is 3.88. The molecule has 1 saturated carbocycles. The van der Waals surface area contributed by atoms with Crippen molar-refractivity contribution in [2.24, 2.45) is 10.9 Å². The molecule has 0 aromatic carbocycles. The average Bonchev–Trinajstić information content (AvgIpc) is 2.41. The molecular formula is C9H15N. The molecule has 56 valence electrons. The van der Waals surface area contributed by atoms with Gasteiger partial charge < -0.3 is 0 Å². The van der Waals surface area contributed by atoms with Crippen LogP contribution in [0.1, 0.15) is 25.7 Å². The molecule has 1 nitrogen and oxygen atoms in total. The SMILES string of the molecule is CN=C/C=C\C1CCCC1. The quantitative estimate of drug-likeness (QED) is 0.518. The Balaban J connectivity index is 2.22. The van der Waals surface area contributed by atoms with E-state index in [-0.39, 0.29) is 0 Å². The van der Waals surface area contributed by atoms with E-state index in [0.717, 1.165) is 5.92 Å². The summed E-state index contributed by atoms with van der Waals surface area (Å²) in [6, 6.07) is 0. The fourth-order valence-corrected chi connectivity index (χ4v) is 1.44. The van der Waals surface area contributed by atoms with Crippen molar-refractivity contribution < 1.29 is 0 Å². The Kier molecular flexibility index (Phi) is 3.20. The van der Waals surface area contributed by atoms with Crippen LogP contribution < -0.4 is 0 Å². The minimum atomic E-state index is 0.845. The predicted molar refractivity (Wildman–Crippen MR) is 45.5 cm³/mol. The van der Waals surface area contributed by atoms with Crippen LogP contribution in [0.2, 0.25) is 0 Å². The van der Waals surface area contributed by atoms with Gasteiger partial charge in [0, 0.05) is 13.3 Å². The van der Waals surface area contributed by atoms with Crippen molar-refractivity contribution in [1.82, 2.24) is 0 Å². The van der Waals surface area contributed by atoms with E-state index in [1.165, 1.54) is 25.7 Å². The molecule has 0 atom stereocenters. The summed E-state index contributed by atoms with van der Waals surface area (Å²) in [5.74, 6) is 0.845. The highest BCUT2D eigenvalue weighted by molar-refractivity contribution is 5.70. The minimum absolute atomic E-state index is 0.845. The average molecular weight is 137 g/mol. The highest BCUT2D eigenvalue weighted by atomic mass is 14.6. The van der Waals surface area contributed by atoms with Crippen molar-refractivity contribution >= 4 is 6.21 Å². The second-order valence-electron chi connectivity index (χ2n) is 2.84. The van der Waals surface area contributed by atoms with Crippen molar-refractivity contribution in [1.29, 1.82) is 0 Å². The Bertz CT molecular complexity index is 130. The summed E-state index contributed by atoms with van der Waals surface area (Å²) in [5, 5.41) is 0. The third-order valence-electron chi connectivity index (χ3n) is 2.02. The number of hydrogen-bond acceptors (Lipinski definition) is 1. The van der Waals surface area contributed by atoms with Gasteiger partial charge in [-0.2, -0.15) is 0 Å². The Morgan fingerprint density at radius 3 is 2.60 bits per heavy atom. The number of rotatable bonds is 2. The number of nitrogens with zero attached hydrogens (tertiary/aromatic N) is 1. The third-order valence-corrected chi connectivity index (χ3v) is 2.02. The van der Waals surface area contributed by atoms with E-state index in [9.17, 15) is 0 Å². The lowest BCUT2D eigenvalue weighted by Crippen LogP contribution is -1.84. The van der Waals surface area contributed by atoms with Gasteiger partial charge in [-0.3, -0.25) is 4.99 Å². The van der Waals surface area contributed by atoms with Gasteiger partial charge in [0.15, 0.2) is 0 Å². The molecule has 10 heavy (non-hydrogen) atoms. The van der Waals surface area contributed by atoms with Gasteiger partial charge in [-0.15, -0.1) is 0 Å². The van der Waals surface area contributed by atoms with Gasteiger partial charge in [-0.25, -0.2) is 0 Å². The summed E-state index contributed by atoms with van der Waals surface area (Å²) in [7, 11) is 1.80. The zero-order valence-corrected chi connectivity index (χ0v) is 6.59. The van der Waals surface area contributed by atoms with E-state index in [1.807, 2.05) is 6.21 Å². The molecule has 1 heteroatoms. The summed E-state index contributed by atoms with van der Waals surface area (Å²) >= 11 is 0. The topological polar surface area (TPSA) is 12.4 Å². The molecule has 0 radical (unpaired) electrons. The van der Waals surface area contributed by atoms with Crippen LogP contribution in [0.5, 0.6) is 0 Å². The van der Waals surface area contributed by atoms with Crippen LogP contribution in [0.4, 0.5) is 0 Å². The Hall–Kier alpha value is -0.590. The predicted octanol–water partition coefficient (Wildman–Crippen LogP) is 2.43. The number of allylic oxidation sites excluding steroid dienone is 2. The molecule has 0 spiro atoms. The Morgan fingerprint density at radius 1 is 1.30 bits per heavy atom. The van der Waals surface area contributed by atoms with Gasteiger partial charge in [0.1, 0.15) is 0 Å². The normalized spacial score (nSPS) is 21.7. The molecular weight excluding hydrogens is 122 g/mol. The molecule has 1 fully saturated rings. The van der Waals surface area contributed by atoms with E-state index >= 15 is 0 Å². The van der Waals surface area contributed by atoms with Crippen molar-refractivity contribution in [3.05, 3.63) is 12.2 Å². The summed E-state index contributed by atoms with van der Waals surface area (Å²) in [6.07, 6.45) is 11.8. The number of aliphatic imine (C=N–C) groups is 1. The van der Waals surface area contributed by atoms with E-state index in [2.05, 4.69) is 17.1 Å². The van der Waals surface area contributed by atoms with Gasteiger partial charge in [-0.1, -0.05) is 18.9 Å². The summed E-state index contributed by atoms with van der Waals surface area (Å²) < 4.78 is 0. The molecule has 0 aliphatic heterocycles. The van der Waals surface area contributed by atoms with Crippen molar-refractivity contribution in [3.63, 3.8) is 0 Å². The second-order valence-corrected chi connectivity index (χ2v) is 2.84. The van der Waals surface area contributed by atoms with E-state index < -0.39 is 0 Å². The van der Waals surface area contributed by atoms with Crippen LogP contribution in [0.15, 0.2) is 17.1 Å². The van der Waals surface area contributed by atoms with Crippen LogP contribution >= 0.6 is 0 Å². The van der Waals surface area contributed by atoms with Crippen LogP contribution in [-0.4, -0.2) is 13.3 Å². The van der Waals surface area contributed by atoms with Crippen LogP contribution in [0, 0.1) is 5.92 Å². The van der Waals surface area contributed by atoms with Crippen molar-refractivity contribution in [3.8, 4) is 0 Å². The molecule has 0 saturated heterocycles. The maximum Gasteiger partial charge on any atom is 0.0277 e. The molecule has 1 aliphatic carbocycles. The molecule has 0 amide bonds. The van der Waals surface area contributed by atoms with Gasteiger partial charge in [0.2, 0.25) is 0 Å². The van der Waals surface area contributed by atoms with E-state index in [0.29, 0.717) is 0 Å². The molecule has 0 N–H and O–H groups in total. The fourth-order valence-electron chi connectivity index (χ4n) is 1.44. The lowest BCUT2D eigenvalue weighted by atomic mass is 10.1. The van der Waals surface area contributed by atoms with Crippen LogP contribution in [0.3, 0.4) is 0 Å². The molecule has 1 rings (SSSR count). The second kappa shape index (κ2) is 4.26. The number of hydrogen-bond donors (Lipinski definition) is 0. The first-order valence-corrected chi connectivity index (χ1v) is 4.02. The molecule has 0 aromatic heterocycles. The van der Waals surface area contributed by atoms with Gasteiger partial charge in [-0.05, 0) is 24.8 Å². The molecule has 0 heterocycles. The van der Waals surface area contributed by atoms with Crippen LogP contribution in [0.25, 0.3) is 0 Å². The molecule has 0 bridgehead atoms. The van der Waals surface area contributed by atoms with Crippen LogP contribution in [-0.2, 0) is 0 Å². The minimum Gasteiger partial charge on any atom is -0.297 e. The lowest BCUT2D eigenvalue weighted by Gasteiger charge is -1.96. The van der Waals surface area contributed by atoms with Gasteiger partial charge in [0.05, 0.1) is 0 Å². The van der Waals surface area contributed by atoms with Gasteiger partial charge >= 0.3 is 0 Å². The van der Waals surface area contributed by atoms with Crippen molar-refractivity contribution in [2.45, 2.75) is 25.7 Å². The third kappa shape index (κ3) is 2.34. The highest BCUT2D eigenvalue weighted by Crippen LogP contribution is 2.25. The largest absolute Gasteiger partial charge is 0.297 e. The van der Waals surface area contributed by atoms with Crippen molar-refractivity contribution in [2.75, 3.05) is 7.05 Å². The van der Waals surface area contributed by atoms with E-state index in [4.69, 9.17) is 0 Å². The van der Waals surface area contributed by atoms with E-state index in [1.54, 1.807) is 7.05 Å². The first-order chi connectivity index (χ1) is 4.93. The highest BCUT2D eigenvalue weighted by Gasteiger charge is 2.10. The zero-order chi connectivity index (χ0) is 7.23. The lowest BCUT2D eigenvalue weighted by molar-refractivity contribution is 0.687. The first kappa shape index (κ1) is 7.52. The maximum absolute atomic E-state index is 3.88. The Morgan fingerprint density at radius 2 is 2.00 bits per heavy atom. The Labute approximate surface area is 62.9 Å². The standard InChI is InChI=1S/C9H15N/c1-10-8-4-7-9-5-2-3-6-9/h4,7-9H,2-3,5-6H2,1H3/b7-4-,10-8?. The monoisotopic (exact) mass is 137 g/mol. The summed E-state index contributed by atoms with van der Waals surface area (Å²) in [5.41, 5.74) is 0. The fraction of sp³-hybridized carbons (Fsp3) is 0.667. The first-order valence-electron chi connectivity index (χ1n) is 4.02.